The summed E-state index contributed by atoms with van der Waals surface area (Å²) >= 11 is 5.56. The van der Waals surface area contributed by atoms with E-state index in [1.165, 1.54) is 24.1 Å². The molecule has 4 heteroatoms. The third-order valence-electron chi connectivity index (χ3n) is 3.60. The molecule has 2 N–H and O–H groups in total. The van der Waals surface area contributed by atoms with Gasteiger partial charge in [-0.05, 0) is 43.7 Å². The van der Waals surface area contributed by atoms with Crippen molar-refractivity contribution < 1.29 is 0 Å². The second kappa shape index (κ2) is 6.31. The molecule has 100 valence electrons. The smallest absolute Gasteiger partial charge is 0.0425 e. The van der Waals surface area contributed by atoms with Crippen molar-refractivity contribution in [2.24, 2.45) is 5.73 Å². The molecule has 0 saturated carbocycles. The molecule has 1 aromatic carbocycles. The standard InChI is InChI=1S/C14H21BrN2S/c1-10(16)13-4-3-11(15)9-14(13)17-7-5-12(18-2)6-8-17/h3-4,9-10,12H,5-8,16H2,1-2H3. The van der Waals surface area contributed by atoms with Gasteiger partial charge in [0.15, 0.2) is 0 Å². The van der Waals surface area contributed by atoms with Crippen LogP contribution in [0.3, 0.4) is 0 Å². The van der Waals surface area contributed by atoms with Crippen molar-refractivity contribution in [2.45, 2.75) is 31.1 Å². The quantitative estimate of drug-likeness (QED) is 0.915. The molecule has 1 aromatic rings. The van der Waals surface area contributed by atoms with E-state index in [0.29, 0.717) is 0 Å². The molecule has 1 aliphatic heterocycles. The predicted molar refractivity (Wildman–Crippen MR) is 85.5 cm³/mol. The highest BCUT2D eigenvalue weighted by atomic mass is 79.9. The molecule has 0 spiro atoms. The largest absolute Gasteiger partial charge is 0.371 e. The van der Waals surface area contributed by atoms with Crippen molar-refractivity contribution in [1.82, 2.24) is 0 Å². The van der Waals surface area contributed by atoms with E-state index in [-0.39, 0.29) is 6.04 Å². The van der Waals surface area contributed by atoms with Gasteiger partial charge in [-0.3, -0.25) is 0 Å². The minimum atomic E-state index is 0.0892. The molecule has 2 nitrogen and oxygen atoms in total. The Hall–Kier alpha value is -0.190. The van der Waals surface area contributed by atoms with Crippen LogP contribution in [0.15, 0.2) is 22.7 Å². The van der Waals surface area contributed by atoms with E-state index in [2.05, 4.69) is 52.2 Å². The minimum absolute atomic E-state index is 0.0892. The second-order valence-electron chi connectivity index (χ2n) is 4.91. The number of thioether (sulfide) groups is 1. The van der Waals surface area contributed by atoms with Crippen LogP contribution in [0.2, 0.25) is 0 Å². The minimum Gasteiger partial charge on any atom is -0.371 e. The highest BCUT2D eigenvalue weighted by Crippen LogP contribution is 2.32. The van der Waals surface area contributed by atoms with E-state index < -0.39 is 0 Å². The molecule has 0 aromatic heterocycles. The van der Waals surface area contributed by atoms with Gasteiger partial charge < -0.3 is 10.6 Å². The zero-order chi connectivity index (χ0) is 13.1. The highest BCUT2D eigenvalue weighted by Gasteiger charge is 2.21. The Bertz CT molecular complexity index is 401. The summed E-state index contributed by atoms with van der Waals surface area (Å²) in [5.74, 6) is 0. The van der Waals surface area contributed by atoms with E-state index in [4.69, 9.17) is 5.73 Å². The van der Waals surface area contributed by atoms with Crippen molar-refractivity contribution >= 4 is 33.4 Å². The summed E-state index contributed by atoms with van der Waals surface area (Å²) in [6, 6.07) is 6.52. The Kier molecular flexibility index (Phi) is 4.98. The average Bonchev–Trinajstić information content (AvgIpc) is 2.38. The average molecular weight is 329 g/mol. The van der Waals surface area contributed by atoms with Crippen LogP contribution in [0.5, 0.6) is 0 Å². The molecule has 1 saturated heterocycles. The number of hydrogen-bond acceptors (Lipinski definition) is 3. The first-order valence-electron chi connectivity index (χ1n) is 6.44. The lowest BCUT2D eigenvalue weighted by atomic mass is 10.0. The first-order chi connectivity index (χ1) is 8.61. The molecular weight excluding hydrogens is 308 g/mol. The number of halogens is 1. The van der Waals surface area contributed by atoms with Crippen molar-refractivity contribution in [2.75, 3.05) is 24.2 Å². The van der Waals surface area contributed by atoms with Crippen LogP contribution in [-0.4, -0.2) is 24.6 Å². The normalized spacial score (nSPS) is 19.0. The molecule has 1 fully saturated rings. The topological polar surface area (TPSA) is 29.3 Å². The third-order valence-corrected chi connectivity index (χ3v) is 5.23. The summed E-state index contributed by atoms with van der Waals surface area (Å²) in [4.78, 5) is 2.48. The summed E-state index contributed by atoms with van der Waals surface area (Å²) in [6.07, 6.45) is 4.75. The molecule has 1 unspecified atom stereocenters. The molecule has 0 amide bonds. The number of hydrogen-bond donors (Lipinski definition) is 1. The highest BCUT2D eigenvalue weighted by molar-refractivity contribution is 9.10. The van der Waals surface area contributed by atoms with Crippen molar-refractivity contribution in [1.29, 1.82) is 0 Å². The van der Waals surface area contributed by atoms with E-state index in [1.54, 1.807) is 0 Å². The maximum atomic E-state index is 6.08. The van der Waals surface area contributed by atoms with Crippen LogP contribution < -0.4 is 10.6 Å². The third kappa shape index (κ3) is 3.22. The van der Waals surface area contributed by atoms with E-state index in [0.717, 1.165) is 22.8 Å². The van der Waals surface area contributed by atoms with E-state index in [1.807, 2.05) is 11.8 Å². The van der Waals surface area contributed by atoms with Crippen LogP contribution in [0.4, 0.5) is 5.69 Å². The summed E-state index contributed by atoms with van der Waals surface area (Å²) in [5.41, 5.74) is 8.63. The van der Waals surface area contributed by atoms with Gasteiger partial charge in [0.25, 0.3) is 0 Å². The fourth-order valence-electron chi connectivity index (χ4n) is 2.51. The SMILES string of the molecule is CSC1CCN(c2cc(Br)ccc2C(C)N)CC1. The second-order valence-corrected chi connectivity index (χ2v) is 6.97. The Morgan fingerprint density at radius 2 is 2.06 bits per heavy atom. The van der Waals surface area contributed by atoms with Gasteiger partial charge >= 0.3 is 0 Å². The summed E-state index contributed by atoms with van der Waals surface area (Å²) < 4.78 is 1.13. The molecule has 1 aliphatic rings. The number of piperidine rings is 1. The first kappa shape index (κ1) is 14.2. The fourth-order valence-corrected chi connectivity index (χ4v) is 3.54. The number of nitrogens with two attached hydrogens (primary N) is 1. The molecule has 0 aliphatic carbocycles. The van der Waals surface area contributed by atoms with Gasteiger partial charge in [-0.2, -0.15) is 11.8 Å². The van der Waals surface area contributed by atoms with Crippen LogP contribution in [0.25, 0.3) is 0 Å². The summed E-state index contributed by atoms with van der Waals surface area (Å²) in [7, 11) is 0. The number of rotatable bonds is 3. The van der Waals surface area contributed by atoms with Gasteiger partial charge in [0.2, 0.25) is 0 Å². The molecule has 18 heavy (non-hydrogen) atoms. The van der Waals surface area contributed by atoms with Crippen LogP contribution in [0, 0.1) is 0 Å². The zero-order valence-corrected chi connectivity index (χ0v) is 13.4. The number of anilines is 1. The lowest BCUT2D eigenvalue weighted by molar-refractivity contribution is 0.588. The Morgan fingerprint density at radius 1 is 1.39 bits per heavy atom. The maximum absolute atomic E-state index is 6.08. The Morgan fingerprint density at radius 3 is 2.61 bits per heavy atom. The Balaban J connectivity index is 2.20. The van der Waals surface area contributed by atoms with Gasteiger partial charge in [-0.15, -0.1) is 0 Å². The van der Waals surface area contributed by atoms with Gasteiger partial charge in [-0.25, -0.2) is 0 Å². The molecule has 0 bridgehead atoms. The summed E-state index contributed by atoms with van der Waals surface area (Å²) in [6.45, 7) is 4.34. The molecule has 1 atom stereocenters. The van der Waals surface area contributed by atoms with Gasteiger partial charge in [-0.1, -0.05) is 22.0 Å². The summed E-state index contributed by atoms with van der Waals surface area (Å²) in [5, 5.41) is 0.826. The number of nitrogens with zero attached hydrogens (tertiary/aromatic N) is 1. The predicted octanol–water partition coefficient (Wildman–Crippen LogP) is 3.80. The van der Waals surface area contributed by atoms with Crippen LogP contribution >= 0.6 is 27.7 Å². The fraction of sp³-hybridized carbons (Fsp3) is 0.571. The first-order valence-corrected chi connectivity index (χ1v) is 8.52. The lowest BCUT2D eigenvalue weighted by Crippen LogP contribution is -2.35. The zero-order valence-electron chi connectivity index (χ0n) is 11.0. The van der Waals surface area contributed by atoms with Gasteiger partial charge in [0.05, 0.1) is 0 Å². The molecule has 1 heterocycles. The maximum Gasteiger partial charge on any atom is 0.0425 e. The van der Waals surface area contributed by atoms with Crippen molar-refractivity contribution in [3.8, 4) is 0 Å². The van der Waals surface area contributed by atoms with E-state index >= 15 is 0 Å². The lowest BCUT2D eigenvalue weighted by Gasteiger charge is -2.34. The monoisotopic (exact) mass is 328 g/mol. The van der Waals surface area contributed by atoms with Crippen molar-refractivity contribution in [3.63, 3.8) is 0 Å². The van der Waals surface area contributed by atoms with Crippen molar-refractivity contribution in [3.05, 3.63) is 28.2 Å². The van der Waals surface area contributed by atoms with Gasteiger partial charge in [0, 0.05) is 34.5 Å². The van der Waals surface area contributed by atoms with Crippen LogP contribution in [-0.2, 0) is 0 Å². The van der Waals surface area contributed by atoms with Crippen LogP contribution in [0.1, 0.15) is 31.4 Å². The van der Waals surface area contributed by atoms with E-state index in [9.17, 15) is 0 Å². The molecule has 0 radical (unpaired) electrons. The van der Waals surface area contributed by atoms with Gasteiger partial charge in [0.1, 0.15) is 0 Å². The number of benzene rings is 1. The Labute approximate surface area is 122 Å². The molecule has 2 rings (SSSR count). The molecular formula is C14H21BrN2S.